The number of nitrogens with one attached hydrogen (secondary N) is 1. The monoisotopic (exact) mass is 283 g/mol. The maximum absolute atomic E-state index is 9.99. The van der Waals surface area contributed by atoms with Crippen LogP contribution in [0.25, 0.3) is 0 Å². The molecule has 0 amide bonds. The summed E-state index contributed by atoms with van der Waals surface area (Å²) in [6.45, 7) is 4.12. The summed E-state index contributed by atoms with van der Waals surface area (Å²) in [5.74, 6) is 0. The Labute approximate surface area is 128 Å². The smallest absolute Gasteiger partial charge is 0.145 e. The zero-order valence-electron chi connectivity index (χ0n) is 12.9. The van der Waals surface area contributed by atoms with Crippen molar-refractivity contribution in [3.8, 4) is 6.07 Å². The molecule has 2 fully saturated rings. The van der Waals surface area contributed by atoms with Gasteiger partial charge in [-0.05, 0) is 44.2 Å². The molecule has 112 valence electrons. The fraction of sp³-hybridized carbons (Fsp3) is 0.611. The summed E-state index contributed by atoms with van der Waals surface area (Å²) in [5, 5.41) is 13.6. The van der Waals surface area contributed by atoms with E-state index in [9.17, 15) is 5.26 Å². The molecule has 2 aliphatic carbocycles. The molecule has 0 aromatic heterocycles. The number of nitrogens with zero attached hydrogens (tertiary/aromatic N) is 2. The third-order valence-electron chi connectivity index (χ3n) is 4.50. The molecule has 0 aliphatic heterocycles. The van der Waals surface area contributed by atoms with Crippen LogP contribution in [0.5, 0.6) is 0 Å². The molecule has 21 heavy (non-hydrogen) atoms. The third-order valence-corrected chi connectivity index (χ3v) is 4.50. The first-order chi connectivity index (χ1) is 10.3. The minimum atomic E-state index is -0.555. The molecule has 1 aromatic carbocycles. The summed E-state index contributed by atoms with van der Waals surface area (Å²) in [6.07, 6.45) is 6.14. The second-order valence-electron chi connectivity index (χ2n) is 6.50. The maximum atomic E-state index is 9.99. The molecule has 1 N–H and O–H groups in total. The van der Waals surface area contributed by atoms with Gasteiger partial charge in [-0.3, -0.25) is 10.2 Å². The van der Waals surface area contributed by atoms with Crippen LogP contribution in [0.4, 0.5) is 0 Å². The SMILES string of the molecule is CCCN(CC(C#N)(NC1CC1)c1ccccc1)C1CC1. The third kappa shape index (κ3) is 3.45. The Morgan fingerprint density at radius 2 is 1.95 bits per heavy atom. The zero-order valence-corrected chi connectivity index (χ0v) is 12.9. The second-order valence-corrected chi connectivity index (χ2v) is 6.50. The largest absolute Gasteiger partial charge is 0.297 e. The van der Waals surface area contributed by atoms with Crippen LogP contribution in [0.15, 0.2) is 30.3 Å². The molecule has 3 nitrogen and oxygen atoms in total. The molecule has 3 rings (SSSR count). The highest BCUT2D eigenvalue weighted by Crippen LogP contribution is 2.33. The Hall–Kier alpha value is -1.37. The number of rotatable bonds is 8. The Kier molecular flexibility index (Phi) is 4.28. The van der Waals surface area contributed by atoms with Gasteiger partial charge in [0, 0.05) is 18.6 Å². The highest BCUT2D eigenvalue weighted by Gasteiger charge is 2.42. The van der Waals surface area contributed by atoms with Crippen molar-refractivity contribution in [2.24, 2.45) is 0 Å². The van der Waals surface area contributed by atoms with Crippen LogP contribution < -0.4 is 5.32 Å². The normalized spacial score (nSPS) is 21.0. The van der Waals surface area contributed by atoms with Crippen molar-refractivity contribution >= 4 is 0 Å². The van der Waals surface area contributed by atoms with Crippen LogP contribution in [-0.2, 0) is 5.54 Å². The lowest BCUT2D eigenvalue weighted by Crippen LogP contribution is -2.51. The van der Waals surface area contributed by atoms with E-state index in [1.54, 1.807) is 0 Å². The number of nitriles is 1. The van der Waals surface area contributed by atoms with Crippen molar-refractivity contribution in [3.05, 3.63) is 35.9 Å². The van der Waals surface area contributed by atoms with Gasteiger partial charge in [0.15, 0.2) is 0 Å². The fourth-order valence-corrected chi connectivity index (χ4v) is 3.07. The maximum Gasteiger partial charge on any atom is 0.145 e. The lowest BCUT2D eigenvalue weighted by molar-refractivity contribution is 0.201. The van der Waals surface area contributed by atoms with Crippen molar-refractivity contribution in [1.82, 2.24) is 10.2 Å². The number of hydrogen-bond donors (Lipinski definition) is 1. The average molecular weight is 283 g/mol. The van der Waals surface area contributed by atoms with E-state index in [-0.39, 0.29) is 0 Å². The molecular formula is C18H25N3. The van der Waals surface area contributed by atoms with E-state index in [0.717, 1.165) is 25.1 Å². The van der Waals surface area contributed by atoms with Crippen LogP contribution >= 0.6 is 0 Å². The van der Waals surface area contributed by atoms with Crippen LogP contribution in [-0.4, -0.2) is 30.1 Å². The fourth-order valence-electron chi connectivity index (χ4n) is 3.07. The van der Waals surface area contributed by atoms with Gasteiger partial charge in [-0.1, -0.05) is 37.3 Å². The van der Waals surface area contributed by atoms with Crippen LogP contribution in [0.1, 0.15) is 44.6 Å². The van der Waals surface area contributed by atoms with Gasteiger partial charge in [-0.25, -0.2) is 0 Å². The van der Waals surface area contributed by atoms with E-state index in [2.05, 4.69) is 35.3 Å². The standard InChI is InChI=1S/C18H25N3/c1-2-12-21(17-10-11-17)14-18(13-19,20-16-8-9-16)15-6-4-3-5-7-15/h3-7,16-17,20H,2,8-12,14H2,1H3. The molecule has 2 aliphatic rings. The van der Waals surface area contributed by atoms with E-state index >= 15 is 0 Å². The lowest BCUT2D eigenvalue weighted by Gasteiger charge is -2.35. The minimum Gasteiger partial charge on any atom is -0.297 e. The van der Waals surface area contributed by atoms with Crippen molar-refractivity contribution in [2.75, 3.05) is 13.1 Å². The minimum absolute atomic E-state index is 0.521. The molecule has 0 spiro atoms. The summed E-state index contributed by atoms with van der Waals surface area (Å²) in [4.78, 5) is 2.52. The predicted octanol–water partition coefficient (Wildman–Crippen LogP) is 3.03. The van der Waals surface area contributed by atoms with E-state index in [0.29, 0.717) is 12.1 Å². The molecule has 0 heterocycles. The van der Waals surface area contributed by atoms with E-state index in [1.165, 1.54) is 25.7 Å². The van der Waals surface area contributed by atoms with Gasteiger partial charge >= 0.3 is 0 Å². The Balaban J connectivity index is 1.85. The van der Waals surface area contributed by atoms with Crippen molar-refractivity contribution < 1.29 is 0 Å². The molecule has 2 saturated carbocycles. The van der Waals surface area contributed by atoms with E-state index in [4.69, 9.17) is 0 Å². The van der Waals surface area contributed by atoms with E-state index < -0.39 is 5.54 Å². The average Bonchev–Trinajstić information content (AvgIpc) is 3.39. The van der Waals surface area contributed by atoms with Gasteiger partial charge in [0.05, 0.1) is 6.07 Å². The predicted molar refractivity (Wildman–Crippen MR) is 84.8 cm³/mol. The first kappa shape index (κ1) is 14.6. The number of benzene rings is 1. The summed E-state index contributed by atoms with van der Waals surface area (Å²) >= 11 is 0. The molecule has 0 radical (unpaired) electrons. The van der Waals surface area contributed by atoms with Gasteiger partial charge in [0.1, 0.15) is 5.54 Å². The topological polar surface area (TPSA) is 39.1 Å². The summed E-state index contributed by atoms with van der Waals surface area (Å²) < 4.78 is 0. The summed E-state index contributed by atoms with van der Waals surface area (Å²) in [6, 6.07) is 14.1. The van der Waals surface area contributed by atoms with Crippen LogP contribution in [0.2, 0.25) is 0 Å². The van der Waals surface area contributed by atoms with Crippen molar-refractivity contribution in [1.29, 1.82) is 5.26 Å². The van der Waals surface area contributed by atoms with Gasteiger partial charge in [-0.15, -0.1) is 0 Å². The zero-order chi connectivity index (χ0) is 14.7. The van der Waals surface area contributed by atoms with Crippen molar-refractivity contribution in [2.45, 2.75) is 56.7 Å². The first-order valence-corrected chi connectivity index (χ1v) is 8.26. The Bertz CT molecular complexity index is 499. The first-order valence-electron chi connectivity index (χ1n) is 8.26. The molecule has 3 heteroatoms. The summed E-state index contributed by atoms with van der Waals surface area (Å²) in [7, 11) is 0. The molecular weight excluding hydrogens is 258 g/mol. The van der Waals surface area contributed by atoms with Crippen molar-refractivity contribution in [3.63, 3.8) is 0 Å². The Morgan fingerprint density at radius 3 is 2.48 bits per heavy atom. The summed E-state index contributed by atoms with van der Waals surface area (Å²) in [5.41, 5.74) is 0.557. The Morgan fingerprint density at radius 1 is 1.24 bits per heavy atom. The van der Waals surface area contributed by atoms with Gasteiger partial charge in [0.2, 0.25) is 0 Å². The second kappa shape index (κ2) is 6.17. The highest BCUT2D eigenvalue weighted by molar-refractivity contribution is 5.33. The molecule has 0 bridgehead atoms. The quantitative estimate of drug-likeness (QED) is 0.797. The highest BCUT2D eigenvalue weighted by atomic mass is 15.2. The lowest BCUT2D eigenvalue weighted by atomic mass is 9.90. The molecule has 1 atom stereocenters. The van der Waals surface area contributed by atoms with Gasteiger partial charge < -0.3 is 0 Å². The van der Waals surface area contributed by atoms with E-state index in [1.807, 2.05) is 18.2 Å². The molecule has 1 aromatic rings. The van der Waals surface area contributed by atoms with Crippen LogP contribution in [0.3, 0.4) is 0 Å². The molecule has 0 saturated heterocycles. The molecule has 1 unspecified atom stereocenters. The van der Waals surface area contributed by atoms with Gasteiger partial charge in [-0.2, -0.15) is 5.26 Å². The number of hydrogen-bond acceptors (Lipinski definition) is 3. The van der Waals surface area contributed by atoms with Gasteiger partial charge in [0.25, 0.3) is 0 Å². The van der Waals surface area contributed by atoms with Crippen LogP contribution in [0, 0.1) is 11.3 Å².